The van der Waals surface area contributed by atoms with Gasteiger partial charge in [-0.3, -0.25) is 4.90 Å². The van der Waals surface area contributed by atoms with Crippen LogP contribution in [0, 0.1) is 0 Å². The van der Waals surface area contributed by atoms with Crippen molar-refractivity contribution < 1.29 is 10.2 Å². The van der Waals surface area contributed by atoms with Crippen molar-refractivity contribution >= 4 is 0 Å². The number of aliphatic hydroxyl groups is 2. The van der Waals surface area contributed by atoms with E-state index in [2.05, 4.69) is 18.9 Å². The highest BCUT2D eigenvalue weighted by Gasteiger charge is 2.37. The molecule has 0 aromatic rings. The minimum atomic E-state index is -0.398. The average Bonchev–Trinajstić information content (AvgIpc) is 2.84. The lowest BCUT2D eigenvalue weighted by molar-refractivity contribution is -0.0274. The van der Waals surface area contributed by atoms with Crippen molar-refractivity contribution in [2.24, 2.45) is 0 Å². The molecule has 1 aliphatic rings. The Morgan fingerprint density at radius 1 is 1.19 bits per heavy atom. The summed E-state index contributed by atoms with van der Waals surface area (Å²) in [5.41, 5.74) is -0.398. The molecule has 0 aromatic heterocycles. The SMILES string of the molecule is CCCCC(CO)(CO)N(C)C1CCCC1. The highest BCUT2D eigenvalue weighted by Crippen LogP contribution is 2.30. The van der Waals surface area contributed by atoms with Gasteiger partial charge in [-0.25, -0.2) is 0 Å². The van der Waals surface area contributed by atoms with Crippen molar-refractivity contribution in [3.8, 4) is 0 Å². The Bertz CT molecular complexity index is 186. The zero-order chi connectivity index (χ0) is 12.0. The standard InChI is InChI=1S/C13H27NO2/c1-3-4-9-13(10-15,11-16)14(2)12-7-5-6-8-12/h12,15-16H,3-11H2,1-2H3. The van der Waals surface area contributed by atoms with Crippen LogP contribution in [0.3, 0.4) is 0 Å². The van der Waals surface area contributed by atoms with Gasteiger partial charge in [-0.2, -0.15) is 0 Å². The van der Waals surface area contributed by atoms with E-state index in [-0.39, 0.29) is 13.2 Å². The molecule has 0 aromatic carbocycles. The number of unbranched alkanes of at least 4 members (excludes halogenated alkanes) is 1. The minimum Gasteiger partial charge on any atom is -0.394 e. The van der Waals surface area contributed by atoms with Crippen molar-refractivity contribution in [2.45, 2.75) is 63.5 Å². The molecule has 3 nitrogen and oxygen atoms in total. The second kappa shape index (κ2) is 6.58. The van der Waals surface area contributed by atoms with Crippen LogP contribution < -0.4 is 0 Å². The lowest BCUT2D eigenvalue weighted by Gasteiger charge is -2.43. The summed E-state index contributed by atoms with van der Waals surface area (Å²) in [4.78, 5) is 2.25. The molecule has 2 N–H and O–H groups in total. The second-order valence-corrected chi connectivity index (χ2v) is 5.19. The number of rotatable bonds is 7. The van der Waals surface area contributed by atoms with Crippen molar-refractivity contribution in [2.75, 3.05) is 20.3 Å². The zero-order valence-corrected chi connectivity index (χ0v) is 10.8. The number of nitrogens with zero attached hydrogens (tertiary/aromatic N) is 1. The molecule has 0 radical (unpaired) electrons. The fourth-order valence-corrected chi connectivity index (χ4v) is 2.79. The van der Waals surface area contributed by atoms with E-state index in [0.29, 0.717) is 6.04 Å². The van der Waals surface area contributed by atoms with Crippen molar-refractivity contribution in [3.63, 3.8) is 0 Å². The molecule has 1 aliphatic carbocycles. The summed E-state index contributed by atoms with van der Waals surface area (Å²) >= 11 is 0. The normalized spacial score (nSPS) is 18.6. The molecule has 0 aliphatic heterocycles. The summed E-state index contributed by atoms with van der Waals surface area (Å²) in [7, 11) is 2.07. The first-order valence-corrected chi connectivity index (χ1v) is 6.65. The number of likely N-dealkylation sites (N-methyl/N-ethyl adjacent to an activating group) is 1. The fourth-order valence-electron chi connectivity index (χ4n) is 2.79. The number of aliphatic hydroxyl groups excluding tert-OH is 2. The van der Waals surface area contributed by atoms with E-state index < -0.39 is 5.54 Å². The van der Waals surface area contributed by atoms with E-state index >= 15 is 0 Å². The molecule has 3 heteroatoms. The monoisotopic (exact) mass is 229 g/mol. The van der Waals surface area contributed by atoms with Gasteiger partial charge in [0, 0.05) is 6.04 Å². The summed E-state index contributed by atoms with van der Waals surface area (Å²) in [5, 5.41) is 19.3. The van der Waals surface area contributed by atoms with Crippen molar-refractivity contribution in [1.82, 2.24) is 4.90 Å². The van der Waals surface area contributed by atoms with Gasteiger partial charge in [-0.1, -0.05) is 32.6 Å². The van der Waals surface area contributed by atoms with Crippen LogP contribution in [0.15, 0.2) is 0 Å². The maximum atomic E-state index is 9.63. The van der Waals surface area contributed by atoms with Gasteiger partial charge >= 0.3 is 0 Å². The summed E-state index contributed by atoms with van der Waals surface area (Å²) in [5.74, 6) is 0. The van der Waals surface area contributed by atoms with Crippen LogP contribution in [0.25, 0.3) is 0 Å². The lowest BCUT2D eigenvalue weighted by Crippen LogP contribution is -2.56. The van der Waals surface area contributed by atoms with E-state index in [1.807, 2.05) is 0 Å². The van der Waals surface area contributed by atoms with E-state index in [9.17, 15) is 10.2 Å². The van der Waals surface area contributed by atoms with Gasteiger partial charge < -0.3 is 10.2 Å². The van der Waals surface area contributed by atoms with E-state index in [0.717, 1.165) is 19.3 Å². The Labute approximate surface area is 99.5 Å². The molecule has 96 valence electrons. The molecule has 0 heterocycles. The largest absolute Gasteiger partial charge is 0.394 e. The summed E-state index contributed by atoms with van der Waals surface area (Å²) in [6.07, 6.45) is 8.07. The fraction of sp³-hybridized carbons (Fsp3) is 1.00. The van der Waals surface area contributed by atoms with Gasteiger partial charge in [-0.15, -0.1) is 0 Å². The first-order chi connectivity index (χ1) is 7.70. The number of hydrogen-bond acceptors (Lipinski definition) is 3. The van der Waals surface area contributed by atoms with Crippen LogP contribution in [0.2, 0.25) is 0 Å². The Morgan fingerprint density at radius 2 is 1.75 bits per heavy atom. The third-order valence-corrected chi connectivity index (χ3v) is 4.20. The average molecular weight is 229 g/mol. The maximum absolute atomic E-state index is 9.63. The van der Waals surface area contributed by atoms with Crippen LogP contribution in [0.5, 0.6) is 0 Å². The molecular weight excluding hydrogens is 202 g/mol. The first kappa shape index (κ1) is 13.9. The second-order valence-electron chi connectivity index (χ2n) is 5.19. The molecular formula is C13H27NO2. The van der Waals surface area contributed by atoms with Gasteiger partial charge in [0.25, 0.3) is 0 Å². The highest BCUT2D eigenvalue weighted by atomic mass is 16.3. The summed E-state index contributed by atoms with van der Waals surface area (Å²) in [6, 6.07) is 0.552. The van der Waals surface area contributed by atoms with E-state index in [1.54, 1.807) is 0 Å². The lowest BCUT2D eigenvalue weighted by atomic mass is 9.91. The molecule has 0 spiro atoms. The summed E-state index contributed by atoms with van der Waals surface area (Å²) < 4.78 is 0. The van der Waals surface area contributed by atoms with Crippen molar-refractivity contribution in [3.05, 3.63) is 0 Å². The van der Waals surface area contributed by atoms with Crippen LogP contribution in [-0.2, 0) is 0 Å². The van der Waals surface area contributed by atoms with Gasteiger partial charge in [0.15, 0.2) is 0 Å². The Morgan fingerprint density at radius 3 is 2.19 bits per heavy atom. The first-order valence-electron chi connectivity index (χ1n) is 6.65. The van der Waals surface area contributed by atoms with Crippen LogP contribution in [0.4, 0.5) is 0 Å². The van der Waals surface area contributed by atoms with Gasteiger partial charge in [0.1, 0.15) is 0 Å². The third-order valence-electron chi connectivity index (χ3n) is 4.20. The molecule has 1 fully saturated rings. The topological polar surface area (TPSA) is 43.7 Å². The predicted molar refractivity (Wildman–Crippen MR) is 66.4 cm³/mol. The Hall–Kier alpha value is -0.120. The van der Waals surface area contributed by atoms with Crippen LogP contribution in [0.1, 0.15) is 51.9 Å². The molecule has 0 amide bonds. The molecule has 0 atom stereocenters. The van der Waals surface area contributed by atoms with Gasteiger partial charge in [0.05, 0.1) is 18.8 Å². The smallest absolute Gasteiger partial charge is 0.0672 e. The highest BCUT2D eigenvalue weighted by molar-refractivity contribution is 4.92. The Balaban J connectivity index is 2.65. The molecule has 0 bridgehead atoms. The third kappa shape index (κ3) is 2.96. The van der Waals surface area contributed by atoms with Gasteiger partial charge in [-0.05, 0) is 26.3 Å². The Kier molecular flexibility index (Phi) is 5.73. The van der Waals surface area contributed by atoms with E-state index in [4.69, 9.17) is 0 Å². The van der Waals surface area contributed by atoms with E-state index in [1.165, 1.54) is 25.7 Å². The number of hydrogen-bond donors (Lipinski definition) is 2. The van der Waals surface area contributed by atoms with Gasteiger partial charge in [0.2, 0.25) is 0 Å². The molecule has 0 saturated heterocycles. The maximum Gasteiger partial charge on any atom is 0.0672 e. The molecule has 0 unspecified atom stereocenters. The predicted octanol–water partition coefficient (Wildman–Crippen LogP) is 1.77. The van der Waals surface area contributed by atoms with Crippen LogP contribution >= 0.6 is 0 Å². The molecule has 1 rings (SSSR count). The van der Waals surface area contributed by atoms with Crippen molar-refractivity contribution in [1.29, 1.82) is 0 Å². The molecule has 16 heavy (non-hydrogen) atoms. The van der Waals surface area contributed by atoms with Crippen LogP contribution in [-0.4, -0.2) is 47.0 Å². The quantitative estimate of drug-likeness (QED) is 0.699. The zero-order valence-electron chi connectivity index (χ0n) is 10.8. The molecule has 1 saturated carbocycles. The minimum absolute atomic E-state index is 0.0660. The summed E-state index contributed by atoms with van der Waals surface area (Å²) in [6.45, 7) is 2.28.